The third-order valence-electron chi connectivity index (χ3n) is 4.74. The third-order valence-corrected chi connectivity index (χ3v) is 6.72. The van der Waals surface area contributed by atoms with Gasteiger partial charge in [-0.1, -0.05) is 23.5 Å². The minimum Gasteiger partial charge on any atom is -0.465 e. The van der Waals surface area contributed by atoms with Crippen LogP contribution in [0.5, 0.6) is 0 Å². The molecule has 3 rings (SSSR count). The van der Waals surface area contributed by atoms with Crippen LogP contribution in [0, 0.1) is 6.92 Å². The number of carboxylic acid groups (broad SMARTS) is 1. The minimum absolute atomic E-state index is 0.0460. The first-order valence-corrected chi connectivity index (χ1v) is 12.9. The fourth-order valence-electron chi connectivity index (χ4n) is 2.88. The van der Waals surface area contributed by atoms with E-state index in [1.165, 1.54) is 18.2 Å². The second-order valence-corrected chi connectivity index (χ2v) is 9.99. The lowest BCUT2D eigenvalue weighted by Gasteiger charge is -2.13. The van der Waals surface area contributed by atoms with Crippen LogP contribution < -0.4 is 15.8 Å². The van der Waals surface area contributed by atoms with Gasteiger partial charge in [-0.3, -0.25) is 10.1 Å². The van der Waals surface area contributed by atoms with Crippen molar-refractivity contribution in [2.24, 2.45) is 5.14 Å². The summed E-state index contributed by atoms with van der Waals surface area (Å²) in [5.74, 6) is -1.36. The van der Waals surface area contributed by atoms with Crippen LogP contribution in [-0.4, -0.2) is 65.0 Å². The van der Waals surface area contributed by atoms with E-state index in [0.717, 1.165) is 18.4 Å². The summed E-state index contributed by atoms with van der Waals surface area (Å²) in [7, 11) is -2.76. The molecular weight excluding hydrogens is 526 g/mol. The molecule has 37 heavy (non-hydrogen) atoms. The van der Waals surface area contributed by atoms with E-state index in [0.29, 0.717) is 16.2 Å². The van der Waals surface area contributed by atoms with Crippen molar-refractivity contribution >= 4 is 56.2 Å². The molecule has 196 valence electrons. The summed E-state index contributed by atoms with van der Waals surface area (Å²) in [6, 6.07) is 7.06. The number of aryl methyl sites for hydroxylation is 1. The van der Waals surface area contributed by atoms with Gasteiger partial charge in [-0.05, 0) is 31.5 Å². The van der Waals surface area contributed by atoms with Crippen LogP contribution in [0.15, 0.2) is 35.2 Å². The number of sulfonamides is 1. The van der Waals surface area contributed by atoms with Crippen molar-refractivity contribution < 1.29 is 32.6 Å². The average molecular weight is 550 g/mol. The maximum Gasteiger partial charge on any atom is 0.414 e. The first kappa shape index (κ1) is 27.4. The largest absolute Gasteiger partial charge is 0.465 e. The number of thiazole rings is 1. The van der Waals surface area contributed by atoms with Crippen molar-refractivity contribution in [1.29, 1.82) is 0 Å². The van der Waals surface area contributed by atoms with Crippen LogP contribution in [0.3, 0.4) is 0 Å². The molecule has 0 aliphatic heterocycles. The van der Waals surface area contributed by atoms with E-state index >= 15 is 0 Å². The Kier molecular flexibility index (Phi) is 8.36. The second kappa shape index (κ2) is 11.3. The van der Waals surface area contributed by atoms with Crippen LogP contribution in [0.25, 0.3) is 0 Å². The quantitative estimate of drug-likeness (QED) is 0.283. The van der Waals surface area contributed by atoms with E-state index in [4.69, 9.17) is 9.88 Å². The number of anilines is 3. The highest BCUT2D eigenvalue weighted by Gasteiger charge is 2.22. The van der Waals surface area contributed by atoms with Gasteiger partial charge in [-0.15, -0.1) is 0 Å². The molecule has 0 bridgehead atoms. The number of nitrogens with zero attached hydrogens (tertiary/aromatic N) is 4. The minimum atomic E-state index is -3.84. The SMILES string of the molecule is CCOC(=O)c1sc(Nc2nc(NCc3ccc(S(N)(=O)=O)cc3)cc(C(=O)N(C)C(=O)O)n2)nc1C. The number of hydrogen-bond donors (Lipinski definition) is 4. The fraction of sp³-hybridized carbons (Fsp3) is 0.238. The maximum absolute atomic E-state index is 12.6. The molecule has 2 heterocycles. The van der Waals surface area contributed by atoms with E-state index in [-0.39, 0.29) is 45.5 Å². The highest BCUT2D eigenvalue weighted by molar-refractivity contribution is 7.89. The van der Waals surface area contributed by atoms with Crippen LogP contribution in [-0.2, 0) is 21.3 Å². The van der Waals surface area contributed by atoms with Crippen LogP contribution >= 0.6 is 11.3 Å². The first-order valence-electron chi connectivity index (χ1n) is 10.6. The fourth-order valence-corrected chi connectivity index (χ4v) is 4.25. The number of rotatable bonds is 9. The summed E-state index contributed by atoms with van der Waals surface area (Å²) in [6.45, 7) is 3.68. The summed E-state index contributed by atoms with van der Waals surface area (Å²) in [5, 5.41) is 20.3. The summed E-state index contributed by atoms with van der Waals surface area (Å²) in [4.78, 5) is 49.3. The van der Waals surface area contributed by atoms with Gasteiger partial charge in [0.05, 0.1) is 17.2 Å². The number of ether oxygens (including phenoxy) is 1. The molecule has 0 radical (unpaired) electrons. The Morgan fingerprint density at radius 3 is 2.43 bits per heavy atom. The van der Waals surface area contributed by atoms with E-state index in [9.17, 15) is 27.9 Å². The van der Waals surface area contributed by atoms with Crippen LogP contribution in [0.2, 0.25) is 0 Å². The zero-order chi connectivity index (χ0) is 27.3. The number of aromatic nitrogens is 3. The van der Waals surface area contributed by atoms with Gasteiger partial charge >= 0.3 is 12.1 Å². The van der Waals surface area contributed by atoms with Gasteiger partial charge in [0.25, 0.3) is 5.91 Å². The lowest BCUT2D eigenvalue weighted by atomic mass is 10.2. The predicted octanol–water partition coefficient (Wildman–Crippen LogP) is 2.17. The molecular formula is C21H23N7O7S2. The molecule has 5 N–H and O–H groups in total. The Morgan fingerprint density at radius 2 is 1.84 bits per heavy atom. The summed E-state index contributed by atoms with van der Waals surface area (Å²) in [5.41, 5.74) is 0.865. The molecule has 0 aliphatic rings. The molecule has 0 spiro atoms. The molecule has 0 atom stereocenters. The van der Waals surface area contributed by atoms with Crippen molar-refractivity contribution in [3.8, 4) is 0 Å². The van der Waals surface area contributed by atoms with Crippen LogP contribution in [0.1, 0.15) is 38.3 Å². The van der Waals surface area contributed by atoms with Gasteiger partial charge < -0.3 is 15.2 Å². The summed E-state index contributed by atoms with van der Waals surface area (Å²) in [6.07, 6.45) is -1.47. The molecule has 0 aliphatic carbocycles. The van der Waals surface area contributed by atoms with Gasteiger partial charge in [0.1, 0.15) is 16.4 Å². The lowest BCUT2D eigenvalue weighted by molar-refractivity contribution is 0.0530. The number of carbonyl (C=O) groups is 3. The number of imide groups is 1. The Balaban J connectivity index is 1.89. The number of amides is 2. The topological polar surface area (TPSA) is 207 Å². The molecule has 0 unspecified atom stereocenters. The highest BCUT2D eigenvalue weighted by atomic mass is 32.2. The molecule has 2 amide bonds. The molecule has 0 saturated heterocycles. The van der Waals surface area contributed by atoms with Crippen molar-refractivity contribution in [3.63, 3.8) is 0 Å². The number of carbonyl (C=O) groups excluding carboxylic acids is 2. The average Bonchev–Trinajstić information content (AvgIpc) is 3.21. The molecule has 3 aromatic rings. The lowest BCUT2D eigenvalue weighted by Crippen LogP contribution is -2.32. The Morgan fingerprint density at radius 1 is 1.16 bits per heavy atom. The Bertz CT molecular complexity index is 1440. The van der Waals surface area contributed by atoms with Gasteiger partial charge in [0, 0.05) is 19.7 Å². The number of nitrogens with two attached hydrogens (primary N) is 1. The summed E-state index contributed by atoms with van der Waals surface area (Å²) < 4.78 is 27.9. The number of benzene rings is 1. The van der Waals surface area contributed by atoms with Crippen LogP contribution in [0.4, 0.5) is 21.7 Å². The molecule has 1 aromatic carbocycles. The van der Waals surface area contributed by atoms with E-state index in [1.807, 2.05) is 0 Å². The standard InChI is InChI=1S/C21H23N7O7S2/c1-4-35-18(30)16-11(2)24-20(36-16)27-19-25-14(17(29)28(3)21(31)32)9-15(26-19)23-10-12-5-7-13(8-6-12)37(22,33)34/h5-9H,4,10H2,1-3H3,(H,31,32)(H2,22,33,34)(H2,23,24,25,26,27). The van der Waals surface area contributed by atoms with Gasteiger partial charge in [0.15, 0.2) is 5.13 Å². The number of esters is 1. The number of nitrogens with one attached hydrogen (secondary N) is 2. The van der Waals surface area contributed by atoms with Crippen molar-refractivity contribution in [2.45, 2.75) is 25.3 Å². The zero-order valence-electron chi connectivity index (χ0n) is 19.9. The van der Waals surface area contributed by atoms with E-state index in [2.05, 4.69) is 25.6 Å². The first-order chi connectivity index (χ1) is 17.4. The second-order valence-electron chi connectivity index (χ2n) is 7.43. The Labute approximate surface area is 215 Å². The van der Waals surface area contributed by atoms with Gasteiger partial charge in [-0.25, -0.2) is 38.0 Å². The molecule has 16 heteroatoms. The number of hydrogen-bond acceptors (Lipinski definition) is 12. The summed E-state index contributed by atoms with van der Waals surface area (Å²) >= 11 is 1.00. The van der Waals surface area contributed by atoms with E-state index < -0.39 is 28.0 Å². The molecule has 2 aromatic heterocycles. The monoisotopic (exact) mass is 549 g/mol. The maximum atomic E-state index is 12.6. The Hall–Kier alpha value is -4.15. The third kappa shape index (κ3) is 6.96. The van der Waals surface area contributed by atoms with Gasteiger partial charge in [0.2, 0.25) is 16.0 Å². The number of primary sulfonamides is 1. The zero-order valence-corrected chi connectivity index (χ0v) is 21.5. The molecule has 14 nitrogen and oxygen atoms in total. The van der Waals surface area contributed by atoms with Crippen molar-refractivity contribution in [2.75, 3.05) is 24.3 Å². The van der Waals surface area contributed by atoms with Crippen molar-refractivity contribution in [1.82, 2.24) is 19.9 Å². The van der Waals surface area contributed by atoms with E-state index in [1.54, 1.807) is 26.0 Å². The van der Waals surface area contributed by atoms with Gasteiger partial charge in [-0.2, -0.15) is 4.98 Å². The van der Waals surface area contributed by atoms with Crippen molar-refractivity contribution in [3.05, 3.63) is 52.2 Å². The molecule has 0 fully saturated rings. The predicted molar refractivity (Wildman–Crippen MR) is 133 cm³/mol. The molecule has 0 saturated carbocycles. The normalized spacial score (nSPS) is 11.0. The smallest absolute Gasteiger partial charge is 0.414 e. The highest BCUT2D eigenvalue weighted by Crippen LogP contribution is 2.26.